The van der Waals surface area contributed by atoms with Crippen LogP contribution >= 0.6 is 0 Å². The fourth-order valence-corrected chi connectivity index (χ4v) is 3.74. The zero-order chi connectivity index (χ0) is 16.5. The Balaban J connectivity index is 1.46. The van der Waals surface area contributed by atoms with E-state index in [0.29, 0.717) is 23.1 Å². The number of fused-ring (bicyclic) bond motifs is 2. The summed E-state index contributed by atoms with van der Waals surface area (Å²) in [6.45, 7) is 5.22. The van der Waals surface area contributed by atoms with Crippen molar-refractivity contribution in [3.63, 3.8) is 0 Å². The highest BCUT2D eigenvalue weighted by molar-refractivity contribution is 5.59. The Morgan fingerprint density at radius 2 is 2.04 bits per heavy atom. The molecule has 0 amide bonds. The Kier molecular flexibility index (Phi) is 4.19. The van der Waals surface area contributed by atoms with Crippen molar-refractivity contribution in [3.8, 4) is 17.1 Å². The van der Waals surface area contributed by atoms with E-state index in [1.54, 1.807) is 13.0 Å². The molecular weight excluding hydrogens is 305 g/mol. The minimum atomic E-state index is -0.223. The zero-order valence-corrected chi connectivity index (χ0v) is 13.9. The highest BCUT2D eigenvalue weighted by atomic mass is 19.1. The van der Waals surface area contributed by atoms with E-state index in [1.807, 2.05) is 18.2 Å². The largest absolute Gasteiger partial charge is 0.473 e. The van der Waals surface area contributed by atoms with Gasteiger partial charge in [-0.15, -0.1) is 10.2 Å². The fourth-order valence-electron chi connectivity index (χ4n) is 3.74. The lowest BCUT2D eigenvalue weighted by molar-refractivity contribution is 0.0123. The molecule has 2 aliphatic rings. The number of ether oxygens (including phenoxy) is 1. The van der Waals surface area contributed by atoms with Crippen LogP contribution in [-0.4, -0.2) is 40.8 Å². The van der Waals surface area contributed by atoms with Crippen LogP contribution in [0.1, 0.15) is 24.8 Å². The van der Waals surface area contributed by atoms with Crippen molar-refractivity contribution in [2.45, 2.75) is 32.3 Å². The molecule has 3 atom stereocenters. The Hall–Kier alpha value is -2.01. The molecule has 24 heavy (non-hydrogen) atoms. The van der Waals surface area contributed by atoms with Gasteiger partial charge in [-0.05, 0) is 50.4 Å². The summed E-state index contributed by atoms with van der Waals surface area (Å²) in [5, 5.41) is 8.41. The summed E-state index contributed by atoms with van der Waals surface area (Å²) in [6.07, 6.45) is 3.78. The van der Waals surface area contributed by atoms with Gasteiger partial charge in [0.2, 0.25) is 5.88 Å². The first-order valence-corrected chi connectivity index (χ1v) is 8.68. The summed E-state index contributed by atoms with van der Waals surface area (Å²) in [6, 6.07) is 8.81. The van der Waals surface area contributed by atoms with E-state index in [2.05, 4.69) is 15.1 Å². The summed E-state index contributed by atoms with van der Waals surface area (Å²) in [5.41, 5.74) is 2.02. The van der Waals surface area contributed by atoms with Gasteiger partial charge in [0.25, 0.3) is 0 Å². The normalized spacial score (nSPS) is 26.2. The number of aryl methyl sites for hydroxylation is 1. The SMILES string of the molecule is Cc1ccc(-c2ccc(O[C@H]3CCN4CCC[C@H]3C4)nn2)cc1F. The molecule has 0 N–H and O–H groups in total. The zero-order valence-electron chi connectivity index (χ0n) is 13.9. The van der Waals surface area contributed by atoms with Crippen LogP contribution in [0.15, 0.2) is 30.3 Å². The maximum Gasteiger partial charge on any atom is 0.233 e. The standard InChI is InChI=1S/C19H22FN3O/c1-13-4-5-14(11-16(13)20)17-6-7-19(22-21-17)24-18-8-10-23-9-2-3-15(18)12-23/h4-7,11,15,18H,2-3,8-10,12H2,1H3/t15-,18-/m0/s1. The molecule has 0 radical (unpaired) electrons. The van der Waals surface area contributed by atoms with Crippen molar-refractivity contribution < 1.29 is 9.13 Å². The molecule has 2 fully saturated rings. The molecule has 0 saturated carbocycles. The first kappa shape index (κ1) is 15.5. The Bertz CT molecular complexity index is 719. The van der Waals surface area contributed by atoms with E-state index >= 15 is 0 Å². The smallest absolute Gasteiger partial charge is 0.233 e. The predicted octanol–water partition coefficient (Wildman–Crippen LogP) is 3.45. The molecule has 1 unspecified atom stereocenters. The molecule has 2 aromatic rings. The summed E-state index contributed by atoms with van der Waals surface area (Å²) >= 11 is 0. The molecule has 0 aliphatic carbocycles. The molecule has 4 nitrogen and oxygen atoms in total. The topological polar surface area (TPSA) is 38.2 Å². The van der Waals surface area contributed by atoms with E-state index in [-0.39, 0.29) is 11.9 Å². The van der Waals surface area contributed by atoms with Crippen LogP contribution in [0.3, 0.4) is 0 Å². The second-order valence-electron chi connectivity index (χ2n) is 6.87. The van der Waals surface area contributed by atoms with Crippen LogP contribution in [0.4, 0.5) is 4.39 Å². The van der Waals surface area contributed by atoms with Gasteiger partial charge >= 0.3 is 0 Å². The summed E-state index contributed by atoms with van der Waals surface area (Å²) in [7, 11) is 0. The third kappa shape index (κ3) is 3.13. The summed E-state index contributed by atoms with van der Waals surface area (Å²) in [4.78, 5) is 2.52. The van der Waals surface area contributed by atoms with Gasteiger partial charge in [0.1, 0.15) is 11.9 Å². The molecule has 126 valence electrons. The molecule has 4 rings (SSSR count). The Labute approximate surface area is 141 Å². The maximum absolute atomic E-state index is 13.7. The lowest BCUT2D eigenvalue weighted by Gasteiger charge is -2.42. The quantitative estimate of drug-likeness (QED) is 0.865. The number of rotatable bonds is 3. The van der Waals surface area contributed by atoms with Crippen LogP contribution in [-0.2, 0) is 0 Å². The Morgan fingerprint density at radius 1 is 1.12 bits per heavy atom. The fraction of sp³-hybridized carbons (Fsp3) is 0.474. The van der Waals surface area contributed by atoms with Gasteiger partial charge in [-0.2, -0.15) is 0 Å². The van der Waals surface area contributed by atoms with Crippen molar-refractivity contribution in [2.75, 3.05) is 19.6 Å². The average Bonchev–Trinajstić information content (AvgIpc) is 2.61. The molecule has 2 bridgehead atoms. The Morgan fingerprint density at radius 3 is 2.83 bits per heavy atom. The van der Waals surface area contributed by atoms with Gasteiger partial charge in [0.05, 0.1) is 5.69 Å². The van der Waals surface area contributed by atoms with Gasteiger partial charge in [-0.3, -0.25) is 0 Å². The van der Waals surface area contributed by atoms with Gasteiger partial charge < -0.3 is 9.64 Å². The number of benzene rings is 1. The maximum atomic E-state index is 13.7. The van der Waals surface area contributed by atoms with Crippen LogP contribution in [0.25, 0.3) is 11.3 Å². The first-order chi connectivity index (χ1) is 11.7. The third-order valence-electron chi connectivity index (χ3n) is 5.18. The number of hydrogen-bond acceptors (Lipinski definition) is 4. The van der Waals surface area contributed by atoms with Gasteiger partial charge in [0.15, 0.2) is 0 Å². The summed E-state index contributed by atoms with van der Waals surface area (Å²) < 4.78 is 19.8. The van der Waals surface area contributed by atoms with E-state index in [0.717, 1.165) is 25.1 Å². The number of nitrogens with zero attached hydrogens (tertiary/aromatic N) is 3. The van der Waals surface area contributed by atoms with Crippen molar-refractivity contribution in [1.82, 2.24) is 15.1 Å². The van der Waals surface area contributed by atoms with E-state index in [1.165, 1.54) is 25.5 Å². The number of aromatic nitrogens is 2. The van der Waals surface area contributed by atoms with E-state index in [9.17, 15) is 4.39 Å². The minimum absolute atomic E-state index is 0.223. The lowest BCUT2D eigenvalue weighted by Crippen LogP contribution is -2.49. The molecule has 2 aliphatic heterocycles. The summed E-state index contributed by atoms with van der Waals surface area (Å²) in [5.74, 6) is 0.939. The number of hydrogen-bond donors (Lipinski definition) is 0. The minimum Gasteiger partial charge on any atom is -0.473 e. The molecule has 2 saturated heterocycles. The molecule has 3 heterocycles. The van der Waals surface area contributed by atoms with Gasteiger partial charge in [-0.1, -0.05) is 12.1 Å². The van der Waals surface area contributed by atoms with Crippen LogP contribution in [0, 0.1) is 18.7 Å². The van der Waals surface area contributed by atoms with E-state index in [4.69, 9.17) is 4.74 Å². The second kappa shape index (κ2) is 6.48. The average molecular weight is 327 g/mol. The van der Waals surface area contributed by atoms with Gasteiger partial charge in [0, 0.05) is 30.6 Å². The monoisotopic (exact) mass is 327 g/mol. The van der Waals surface area contributed by atoms with Crippen molar-refractivity contribution in [3.05, 3.63) is 41.7 Å². The van der Waals surface area contributed by atoms with Crippen LogP contribution in [0.2, 0.25) is 0 Å². The predicted molar refractivity (Wildman–Crippen MR) is 90.4 cm³/mol. The highest BCUT2D eigenvalue weighted by Crippen LogP contribution is 2.29. The van der Waals surface area contributed by atoms with Crippen molar-refractivity contribution >= 4 is 0 Å². The number of piperidine rings is 2. The molecular formula is C19H22FN3O. The molecule has 0 spiro atoms. The third-order valence-corrected chi connectivity index (χ3v) is 5.18. The van der Waals surface area contributed by atoms with Crippen molar-refractivity contribution in [1.29, 1.82) is 0 Å². The van der Waals surface area contributed by atoms with E-state index < -0.39 is 0 Å². The number of halogens is 1. The van der Waals surface area contributed by atoms with Gasteiger partial charge in [-0.25, -0.2) is 4.39 Å². The molecule has 1 aromatic carbocycles. The van der Waals surface area contributed by atoms with Crippen LogP contribution < -0.4 is 4.74 Å². The van der Waals surface area contributed by atoms with Crippen LogP contribution in [0.5, 0.6) is 5.88 Å². The second-order valence-corrected chi connectivity index (χ2v) is 6.87. The lowest BCUT2D eigenvalue weighted by atomic mass is 9.87. The first-order valence-electron chi connectivity index (χ1n) is 8.68. The molecule has 5 heteroatoms. The highest BCUT2D eigenvalue weighted by Gasteiger charge is 2.33. The van der Waals surface area contributed by atoms with Crippen molar-refractivity contribution in [2.24, 2.45) is 5.92 Å². The molecule has 1 aromatic heterocycles.